The molecule has 0 bridgehead atoms. The molecule has 8 rings (SSSR count). The summed E-state index contributed by atoms with van der Waals surface area (Å²) in [5.41, 5.74) is 6.45. The van der Waals surface area contributed by atoms with Gasteiger partial charge in [0, 0.05) is 27.1 Å². The molecule has 0 fully saturated rings. The lowest BCUT2D eigenvalue weighted by molar-refractivity contribution is 1.02. The number of hydrogen-bond acceptors (Lipinski definition) is 2. The molecule has 2 aromatic heterocycles. The Morgan fingerprint density at radius 2 is 1.21 bits per heavy atom. The third-order valence-corrected chi connectivity index (χ3v) is 7.64. The lowest BCUT2D eigenvalue weighted by Crippen LogP contribution is -2.03. The molecule has 0 saturated heterocycles. The summed E-state index contributed by atoms with van der Waals surface area (Å²) in [6, 6.07) is 42.9. The quantitative estimate of drug-likeness (QED) is 0.229. The third-order valence-electron chi connectivity index (χ3n) is 7.64. The maximum atomic E-state index is 5.29. The number of aryl methyl sites for hydroxylation is 1. The van der Waals surface area contributed by atoms with Crippen LogP contribution in [0.3, 0.4) is 0 Å². The average molecular weight is 486 g/mol. The van der Waals surface area contributed by atoms with Crippen LogP contribution in [0.1, 0.15) is 5.56 Å². The van der Waals surface area contributed by atoms with Gasteiger partial charge in [-0.05, 0) is 47.3 Å². The van der Waals surface area contributed by atoms with Gasteiger partial charge >= 0.3 is 0 Å². The van der Waals surface area contributed by atoms with E-state index in [2.05, 4.69) is 127 Å². The van der Waals surface area contributed by atoms with Gasteiger partial charge in [0.05, 0.1) is 22.2 Å². The zero-order chi connectivity index (χ0) is 25.2. The molecule has 0 spiro atoms. The van der Waals surface area contributed by atoms with E-state index >= 15 is 0 Å². The number of fused-ring (bicyclic) bond motifs is 8. The average Bonchev–Trinajstić information content (AvgIpc) is 3.31. The molecule has 3 heteroatoms. The van der Waals surface area contributed by atoms with Crippen LogP contribution in [0, 0.1) is 6.92 Å². The number of nitrogens with zero attached hydrogens (tertiary/aromatic N) is 3. The highest BCUT2D eigenvalue weighted by Gasteiger charge is 2.19. The summed E-state index contributed by atoms with van der Waals surface area (Å²) in [7, 11) is 0. The molecule has 0 aliphatic heterocycles. The lowest BCUT2D eigenvalue weighted by Gasteiger charge is -2.13. The van der Waals surface area contributed by atoms with Crippen molar-refractivity contribution in [1.29, 1.82) is 0 Å². The molecule has 8 aromatic rings. The van der Waals surface area contributed by atoms with Gasteiger partial charge in [-0.2, -0.15) is 0 Å². The van der Waals surface area contributed by atoms with Crippen molar-refractivity contribution in [3.05, 3.63) is 127 Å². The van der Waals surface area contributed by atoms with E-state index in [0.29, 0.717) is 5.95 Å². The van der Waals surface area contributed by atoms with Crippen molar-refractivity contribution in [1.82, 2.24) is 14.5 Å². The van der Waals surface area contributed by atoms with Crippen molar-refractivity contribution in [2.45, 2.75) is 6.92 Å². The Labute approximate surface area is 219 Å². The highest BCUT2D eigenvalue weighted by atomic mass is 15.2. The highest BCUT2D eigenvalue weighted by Crippen LogP contribution is 2.38. The SMILES string of the molecule is Cc1ccc2c(c1)c1c3ccccc3ccc1n2-c1nc(-c2ccccc2)c2ccc3ccccc3c2n1. The van der Waals surface area contributed by atoms with Gasteiger partial charge in [-0.25, -0.2) is 9.97 Å². The Hall–Kier alpha value is -5.02. The molecule has 38 heavy (non-hydrogen) atoms. The number of rotatable bonds is 2. The van der Waals surface area contributed by atoms with E-state index in [-0.39, 0.29) is 0 Å². The predicted octanol–water partition coefficient (Wildman–Crippen LogP) is 9.01. The molecular formula is C35H23N3. The maximum absolute atomic E-state index is 5.29. The molecule has 2 heterocycles. The van der Waals surface area contributed by atoms with Crippen molar-refractivity contribution in [3.63, 3.8) is 0 Å². The fourth-order valence-electron chi connectivity index (χ4n) is 5.89. The Bertz CT molecular complexity index is 2190. The molecule has 0 aliphatic carbocycles. The van der Waals surface area contributed by atoms with E-state index in [1.807, 2.05) is 6.07 Å². The largest absolute Gasteiger partial charge is 0.278 e. The molecule has 6 aromatic carbocycles. The standard InChI is InChI=1S/C35H23N3/c1-22-15-19-30-29(21-22)32-26-13-7-5-9-23(26)17-20-31(32)38(30)35-36-33(25-11-3-2-4-12-25)28-18-16-24-10-6-8-14-27(24)34(28)37-35/h2-21H,1H3. The Kier molecular flexibility index (Phi) is 4.44. The fraction of sp³-hybridized carbons (Fsp3) is 0.0286. The van der Waals surface area contributed by atoms with Gasteiger partial charge in [-0.15, -0.1) is 0 Å². The maximum Gasteiger partial charge on any atom is 0.235 e. The van der Waals surface area contributed by atoms with Crippen molar-refractivity contribution in [3.8, 4) is 17.2 Å². The first kappa shape index (κ1) is 21.1. The first-order valence-electron chi connectivity index (χ1n) is 12.9. The minimum absolute atomic E-state index is 0.687. The van der Waals surface area contributed by atoms with Crippen LogP contribution in [0.5, 0.6) is 0 Å². The Balaban J connectivity index is 1.57. The third kappa shape index (κ3) is 3.02. The molecule has 178 valence electrons. The molecule has 0 atom stereocenters. The van der Waals surface area contributed by atoms with Gasteiger partial charge < -0.3 is 0 Å². The van der Waals surface area contributed by atoms with Gasteiger partial charge in [0.1, 0.15) is 0 Å². The van der Waals surface area contributed by atoms with Crippen LogP contribution >= 0.6 is 0 Å². The van der Waals surface area contributed by atoms with Crippen LogP contribution in [-0.2, 0) is 0 Å². The molecule has 0 radical (unpaired) electrons. The van der Waals surface area contributed by atoms with E-state index in [9.17, 15) is 0 Å². The Morgan fingerprint density at radius 3 is 2.05 bits per heavy atom. The molecule has 0 unspecified atom stereocenters. The van der Waals surface area contributed by atoms with Crippen molar-refractivity contribution in [2.75, 3.05) is 0 Å². The van der Waals surface area contributed by atoms with E-state index < -0.39 is 0 Å². The van der Waals surface area contributed by atoms with Crippen LogP contribution in [-0.4, -0.2) is 14.5 Å². The summed E-state index contributed by atoms with van der Waals surface area (Å²) in [5, 5.41) is 8.30. The lowest BCUT2D eigenvalue weighted by atomic mass is 10.0. The van der Waals surface area contributed by atoms with E-state index in [1.165, 1.54) is 32.5 Å². The van der Waals surface area contributed by atoms with E-state index in [1.54, 1.807) is 0 Å². The second kappa shape index (κ2) is 7.99. The van der Waals surface area contributed by atoms with Gasteiger partial charge in [-0.3, -0.25) is 4.57 Å². The fourth-order valence-corrected chi connectivity index (χ4v) is 5.89. The Morgan fingerprint density at radius 1 is 0.526 bits per heavy atom. The zero-order valence-corrected chi connectivity index (χ0v) is 20.9. The first-order chi connectivity index (χ1) is 18.8. The summed E-state index contributed by atoms with van der Waals surface area (Å²) >= 11 is 0. The topological polar surface area (TPSA) is 30.7 Å². The van der Waals surface area contributed by atoms with Crippen LogP contribution in [0.15, 0.2) is 121 Å². The van der Waals surface area contributed by atoms with Crippen LogP contribution < -0.4 is 0 Å². The summed E-state index contributed by atoms with van der Waals surface area (Å²) in [6.45, 7) is 2.15. The minimum Gasteiger partial charge on any atom is -0.278 e. The van der Waals surface area contributed by atoms with Crippen LogP contribution in [0.2, 0.25) is 0 Å². The monoisotopic (exact) mass is 485 g/mol. The molecule has 3 nitrogen and oxygen atoms in total. The number of aromatic nitrogens is 3. The smallest absolute Gasteiger partial charge is 0.235 e. The second-order valence-electron chi connectivity index (χ2n) is 9.96. The van der Waals surface area contributed by atoms with Gasteiger partial charge in [-0.1, -0.05) is 103 Å². The van der Waals surface area contributed by atoms with Crippen LogP contribution in [0.4, 0.5) is 0 Å². The number of benzene rings is 6. The van der Waals surface area contributed by atoms with Gasteiger partial charge in [0.2, 0.25) is 5.95 Å². The van der Waals surface area contributed by atoms with E-state index in [0.717, 1.165) is 38.6 Å². The summed E-state index contributed by atoms with van der Waals surface area (Å²) < 4.78 is 2.24. The summed E-state index contributed by atoms with van der Waals surface area (Å²) in [6.07, 6.45) is 0. The van der Waals surface area contributed by atoms with Crippen LogP contribution in [0.25, 0.3) is 71.5 Å². The molecule has 0 saturated carbocycles. The second-order valence-corrected chi connectivity index (χ2v) is 9.96. The predicted molar refractivity (Wildman–Crippen MR) is 159 cm³/mol. The van der Waals surface area contributed by atoms with Crippen molar-refractivity contribution < 1.29 is 0 Å². The highest BCUT2D eigenvalue weighted by molar-refractivity contribution is 6.21. The van der Waals surface area contributed by atoms with Gasteiger partial charge in [0.25, 0.3) is 0 Å². The van der Waals surface area contributed by atoms with Crippen molar-refractivity contribution in [2.24, 2.45) is 0 Å². The van der Waals surface area contributed by atoms with Crippen molar-refractivity contribution >= 4 is 54.3 Å². The first-order valence-corrected chi connectivity index (χ1v) is 12.9. The zero-order valence-electron chi connectivity index (χ0n) is 20.9. The summed E-state index contributed by atoms with van der Waals surface area (Å²) in [5.74, 6) is 0.687. The molecular weight excluding hydrogens is 462 g/mol. The molecule has 0 aliphatic rings. The number of hydrogen-bond donors (Lipinski definition) is 0. The normalized spacial score (nSPS) is 11.8. The molecule has 0 amide bonds. The molecule has 0 N–H and O–H groups in total. The summed E-state index contributed by atoms with van der Waals surface area (Å²) in [4.78, 5) is 10.6. The van der Waals surface area contributed by atoms with Gasteiger partial charge in [0.15, 0.2) is 0 Å². The van der Waals surface area contributed by atoms with E-state index in [4.69, 9.17) is 9.97 Å². The minimum atomic E-state index is 0.687.